The third-order valence-electron chi connectivity index (χ3n) is 18.4. The highest BCUT2D eigenvalue weighted by molar-refractivity contribution is 7.00. The fraction of sp³-hybridized carbons (Fsp3) is 0.438. The SMILES string of the molecule is Cc1cc2c(cc1N1c3cc4c(cc3B3c5cc6c(cc5N(c5cccc7oc8ccccc8c57)c5cc(C(C)(C)C)cc1c53)C(C)(C)CCC6(C)C)C(C)(C)CC4(C)C)C(C)(C)CCC2(C)C. The minimum atomic E-state index is -0.129. The summed E-state index contributed by atoms with van der Waals surface area (Å²) < 4.78 is 6.72. The van der Waals surface area contributed by atoms with Gasteiger partial charge in [0.05, 0.1) is 11.1 Å². The minimum Gasteiger partial charge on any atom is -0.456 e. The molecule has 12 rings (SSSR count). The highest BCUT2D eigenvalue weighted by Crippen LogP contribution is 2.56. The normalized spacial score (nSPS) is 20.7. The van der Waals surface area contributed by atoms with Crippen molar-refractivity contribution >= 4 is 79.2 Å². The molecule has 2 aliphatic heterocycles. The van der Waals surface area contributed by atoms with E-state index in [0.29, 0.717) is 0 Å². The van der Waals surface area contributed by atoms with E-state index in [1.54, 1.807) is 0 Å². The molecule has 348 valence electrons. The topological polar surface area (TPSA) is 19.6 Å². The number of benzene rings is 6. The van der Waals surface area contributed by atoms with Crippen LogP contribution in [0, 0.1) is 6.92 Å². The van der Waals surface area contributed by atoms with Crippen LogP contribution in [0.2, 0.25) is 0 Å². The van der Waals surface area contributed by atoms with Crippen LogP contribution in [0.4, 0.5) is 34.1 Å². The van der Waals surface area contributed by atoms with Gasteiger partial charge in [-0.15, -0.1) is 0 Å². The van der Waals surface area contributed by atoms with Crippen LogP contribution in [0.5, 0.6) is 0 Å². The first kappa shape index (κ1) is 44.0. The Hall–Kier alpha value is -5.22. The number of para-hydroxylation sites is 1. The lowest BCUT2D eigenvalue weighted by Crippen LogP contribution is -2.62. The summed E-state index contributed by atoms with van der Waals surface area (Å²) in [5.74, 6) is 0. The number of aryl methyl sites for hydroxylation is 1. The average molecular weight is 897 g/mol. The van der Waals surface area contributed by atoms with E-state index in [4.69, 9.17) is 4.42 Å². The van der Waals surface area contributed by atoms with Crippen LogP contribution in [0.1, 0.15) is 180 Å². The van der Waals surface area contributed by atoms with Gasteiger partial charge in [-0.2, -0.15) is 0 Å². The molecule has 1 aromatic heterocycles. The largest absolute Gasteiger partial charge is 0.456 e. The lowest BCUT2D eigenvalue weighted by atomic mass is 9.32. The first-order chi connectivity index (χ1) is 31.7. The van der Waals surface area contributed by atoms with Crippen molar-refractivity contribution < 1.29 is 4.42 Å². The van der Waals surface area contributed by atoms with Crippen molar-refractivity contribution in [2.45, 2.75) is 181 Å². The zero-order chi connectivity index (χ0) is 48.2. The number of rotatable bonds is 2. The van der Waals surface area contributed by atoms with Crippen LogP contribution in [-0.4, -0.2) is 6.71 Å². The van der Waals surface area contributed by atoms with E-state index in [1.165, 1.54) is 120 Å². The van der Waals surface area contributed by atoms with E-state index in [-0.39, 0.29) is 44.6 Å². The Labute approximate surface area is 407 Å². The Morgan fingerprint density at radius 1 is 0.456 bits per heavy atom. The van der Waals surface area contributed by atoms with E-state index in [1.807, 2.05) is 0 Å². The molecule has 7 aromatic rings. The maximum atomic E-state index is 6.72. The van der Waals surface area contributed by atoms with Gasteiger partial charge in [-0.3, -0.25) is 0 Å². The monoisotopic (exact) mass is 897 g/mol. The minimum absolute atomic E-state index is 0.0241. The lowest BCUT2D eigenvalue weighted by Gasteiger charge is -2.48. The molecule has 0 fully saturated rings. The van der Waals surface area contributed by atoms with Gasteiger partial charge in [0.2, 0.25) is 0 Å². The van der Waals surface area contributed by atoms with E-state index in [2.05, 4.69) is 212 Å². The second-order valence-electron chi connectivity index (χ2n) is 27.1. The molecular formula is C64H73BN2O. The molecule has 0 saturated heterocycles. The van der Waals surface area contributed by atoms with Crippen LogP contribution in [-0.2, 0) is 37.9 Å². The van der Waals surface area contributed by atoms with E-state index in [0.717, 1.165) is 29.4 Å². The first-order valence-corrected chi connectivity index (χ1v) is 25.9. The maximum absolute atomic E-state index is 6.72. The molecule has 0 bridgehead atoms. The summed E-state index contributed by atoms with van der Waals surface area (Å²) in [5.41, 5.74) is 25.8. The predicted molar refractivity (Wildman–Crippen MR) is 292 cm³/mol. The van der Waals surface area contributed by atoms with Gasteiger partial charge in [-0.05, 0) is 186 Å². The van der Waals surface area contributed by atoms with Crippen LogP contribution < -0.4 is 26.2 Å². The zero-order valence-electron chi connectivity index (χ0n) is 44.1. The average Bonchev–Trinajstić information content (AvgIpc) is 3.72. The number of nitrogens with zero attached hydrogens (tertiary/aromatic N) is 2. The Balaban J connectivity index is 1.27. The summed E-state index contributed by atoms with van der Waals surface area (Å²) >= 11 is 0. The van der Waals surface area contributed by atoms with Crippen LogP contribution in [0.3, 0.4) is 0 Å². The molecule has 0 N–H and O–H groups in total. The molecule has 68 heavy (non-hydrogen) atoms. The molecule has 0 spiro atoms. The molecule has 5 aliphatic rings. The Bertz CT molecular complexity index is 3340. The molecule has 4 heteroatoms. The van der Waals surface area contributed by atoms with Crippen molar-refractivity contribution in [3.63, 3.8) is 0 Å². The summed E-state index contributed by atoms with van der Waals surface area (Å²) in [6, 6.07) is 36.5. The summed E-state index contributed by atoms with van der Waals surface area (Å²) in [4.78, 5) is 5.45. The highest BCUT2D eigenvalue weighted by Gasteiger charge is 2.51. The Morgan fingerprint density at radius 3 is 1.44 bits per heavy atom. The number of fused-ring (bicyclic) bond motifs is 10. The van der Waals surface area contributed by atoms with E-state index in [9.17, 15) is 0 Å². The van der Waals surface area contributed by atoms with Gasteiger partial charge in [0, 0.05) is 33.8 Å². The smallest absolute Gasteiger partial charge is 0.252 e. The van der Waals surface area contributed by atoms with Crippen LogP contribution >= 0.6 is 0 Å². The molecule has 3 nitrogen and oxygen atoms in total. The third kappa shape index (κ3) is 6.03. The second-order valence-corrected chi connectivity index (χ2v) is 27.1. The molecule has 0 amide bonds. The maximum Gasteiger partial charge on any atom is 0.252 e. The van der Waals surface area contributed by atoms with Crippen molar-refractivity contribution in [3.8, 4) is 0 Å². The van der Waals surface area contributed by atoms with Crippen LogP contribution in [0.15, 0.2) is 95.4 Å². The van der Waals surface area contributed by atoms with Gasteiger partial charge in [-0.1, -0.05) is 146 Å². The zero-order valence-corrected chi connectivity index (χ0v) is 44.1. The number of furan rings is 1. The quantitative estimate of drug-likeness (QED) is 0.161. The van der Waals surface area contributed by atoms with Crippen molar-refractivity contribution in [3.05, 3.63) is 136 Å². The molecular weight excluding hydrogens is 824 g/mol. The fourth-order valence-electron chi connectivity index (χ4n) is 14.4. The van der Waals surface area contributed by atoms with Gasteiger partial charge >= 0.3 is 0 Å². The summed E-state index contributed by atoms with van der Waals surface area (Å²) in [6.07, 6.45) is 5.83. The molecule has 6 aromatic carbocycles. The van der Waals surface area contributed by atoms with Gasteiger partial charge in [-0.25, -0.2) is 0 Å². The van der Waals surface area contributed by atoms with E-state index < -0.39 is 0 Å². The van der Waals surface area contributed by atoms with Gasteiger partial charge in [0.15, 0.2) is 0 Å². The number of hydrogen-bond donors (Lipinski definition) is 0. The lowest BCUT2D eigenvalue weighted by molar-refractivity contribution is 0.332. The molecule has 3 heterocycles. The molecule has 3 aliphatic carbocycles. The van der Waals surface area contributed by atoms with Crippen molar-refractivity contribution in [1.29, 1.82) is 0 Å². The highest BCUT2D eigenvalue weighted by atomic mass is 16.3. The van der Waals surface area contributed by atoms with Gasteiger partial charge < -0.3 is 14.2 Å². The fourth-order valence-corrected chi connectivity index (χ4v) is 14.4. The summed E-state index contributed by atoms with van der Waals surface area (Å²) in [7, 11) is 0. The van der Waals surface area contributed by atoms with Crippen molar-refractivity contribution in [1.82, 2.24) is 0 Å². The van der Waals surface area contributed by atoms with Crippen molar-refractivity contribution in [2.75, 3.05) is 9.80 Å². The second kappa shape index (κ2) is 13.6. The third-order valence-corrected chi connectivity index (χ3v) is 18.4. The molecule has 0 unspecified atom stereocenters. The van der Waals surface area contributed by atoms with Gasteiger partial charge in [0.1, 0.15) is 11.2 Å². The number of hydrogen-bond acceptors (Lipinski definition) is 3. The number of anilines is 6. The first-order valence-electron chi connectivity index (χ1n) is 25.9. The summed E-state index contributed by atoms with van der Waals surface area (Å²) in [6.45, 7) is 39.5. The summed E-state index contributed by atoms with van der Waals surface area (Å²) in [5, 5.41) is 2.33. The standard InChI is InChI=1S/C64H73BN2O/c1-37-28-40-43(61(9,10)26-24-59(40,5)6)33-49(37)67-51-35-45-42(63(13,14)36-64(45,15)16)32-47(51)65-46-31-41-44(62(11,12)27-25-60(41,7)8)34-50(46)66(52-29-38(58(2,3)4)30-53(67)57(52)65)48-21-19-23-55-56(48)39-20-17-18-22-54(39)68-55/h17-23,28-35H,24-27,36H2,1-16H3. The van der Waals surface area contributed by atoms with Crippen molar-refractivity contribution in [2.24, 2.45) is 0 Å². The Morgan fingerprint density at radius 2 is 0.897 bits per heavy atom. The molecule has 0 atom stereocenters. The molecule has 0 radical (unpaired) electrons. The Kier molecular flexibility index (Phi) is 8.77. The van der Waals surface area contributed by atoms with Crippen LogP contribution in [0.25, 0.3) is 21.9 Å². The molecule has 0 saturated carbocycles. The van der Waals surface area contributed by atoms with E-state index >= 15 is 0 Å². The van der Waals surface area contributed by atoms with Gasteiger partial charge in [0.25, 0.3) is 6.71 Å². The predicted octanol–water partition coefficient (Wildman–Crippen LogP) is 15.9.